The minimum atomic E-state index is -0.0346. The number of hydrogen-bond acceptors (Lipinski definition) is 8. The number of carbonyl (C=O) groups excluding carboxylic acids is 1. The lowest BCUT2D eigenvalue weighted by Gasteiger charge is -2.21. The number of amides is 1. The van der Waals surface area contributed by atoms with Gasteiger partial charge in [0.15, 0.2) is 0 Å². The molecule has 150 valence electrons. The molecule has 3 heterocycles. The molecule has 1 aliphatic heterocycles. The van der Waals surface area contributed by atoms with Gasteiger partial charge in [-0.25, -0.2) is 9.97 Å². The second-order valence-corrected chi connectivity index (χ2v) is 6.76. The number of rotatable bonds is 7. The zero-order valence-corrected chi connectivity index (χ0v) is 16.1. The molecule has 1 aromatic carbocycles. The highest BCUT2D eigenvalue weighted by atomic mass is 16.5. The van der Waals surface area contributed by atoms with Crippen LogP contribution in [0, 0.1) is 0 Å². The Kier molecular flexibility index (Phi) is 5.64. The summed E-state index contributed by atoms with van der Waals surface area (Å²) in [6, 6.07) is 9.73. The van der Waals surface area contributed by atoms with E-state index in [-0.39, 0.29) is 18.4 Å². The van der Waals surface area contributed by atoms with Crippen molar-refractivity contribution < 1.29 is 14.1 Å². The minimum Gasteiger partial charge on any atom is -0.495 e. The molecule has 9 heteroatoms. The molecule has 9 nitrogen and oxygen atoms in total. The number of benzene rings is 1. The van der Waals surface area contributed by atoms with Gasteiger partial charge in [0, 0.05) is 44.4 Å². The second kappa shape index (κ2) is 8.68. The Hall–Kier alpha value is -3.49. The number of nitrogens with zero attached hydrogens (tertiary/aromatic N) is 5. The first-order valence-electron chi connectivity index (χ1n) is 9.50. The van der Waals surface area contributed by atoms with Crippen LogP contribution in [0.5, 0.6) is 5.75 Å². The third-order valence-electron chi connectivity index (χ3n) is 4.78. The predicted octanol–water partition coefficient (Wildman–Crippen LogP) is 1.86. The van der Waals surface area contributed by atoms with Crippen molar-refractivity contribution in [2.45, 2.75) is 25.3 Å². The van der Waals surface area contributed by atoms with Crippen molar-refractivity contribution in [3.63, 3.8) is 0 Å². The van der Waals surface area contributed by atoms with Crippen LogP contribution < -0.4 is 15.0 Å². The van der Waals surface area contributed by atoms with Gasteiger partial charge >= 0.3 is 0 Å². The van der Waals surface area contributed by atoms with Gasteiger partial charge in [-0.05, 0) is 24.6 Å². The monoisotopic (exact) mass is 394 g/mol. The standard InChI is InChI=1S/C20H22N6O3/c1-28-16-6-3-2-5-15(16)26-12-9-14(13-26)23-17(27)7-8-18-24-20(25-29-18)19-21-10-4-11-22-19/h2-6,10-11,14H,7-9,12-13H2,1H3,(H,23,27). The van der Waals surface area contributed by atoms with Crippen molar-refractivity contribution in [1.82, 2.24) is 25.4 Å². The van der Waals surface area contributed by atoms with E-state index in [9.17, 15) is 4.79 Å². The maximum atomic E-state index is 12.3. The average molecular weight is 394 g/mol. The summed E-state index contributed by atoms with van der Waals surface area (Å²) in [5.41, 5.74) is 1.05. The highest BCUT2D eigenvalue weighted by molar-refractivity contribution is 5.76. The van der Waals surface area contributed by atoms with Gasteiger partial charge in [0.05, 0.1) is 12.8 Å². The number of anilines is 1. The Morgan fingerprint density at radius 2 is 2.07 bits per heavy atom. The van der Waals surface area contributed by atoms with Gasteiger partial charge in [0.2, 0.25) is 23.4 Å². The highest BCUT2D eigenvalue weighted by Crippen LogP contribution is 2.30. The maximum Gasteiger partial charge on any atom is 0.240 e. The second-order valence-electron chi connectivity index (χ2n) is 6.76. The Morgan fingerprint density at radius 3 is 2.90 bits per heavy atom. The number of aryl methyl sites for hydroxylation is 1. The summed E-state index contributed by atoms with van der Waals surface area (Å²) in [5.74, 6) is 1.92. The lowest BCUT2D eigenvalue weighted by atomic mass is 10.2. The smallest absolute Gasteiger partial charge is 0.240 e. The molecule has 0 bridgehead atoms. The molecule has 29 heavy (non-hydrogen) atoms. The fourth-order valence-electron chi connectivity index (χ4n) is 3.37. The summed E-state index contributed by atoms with van der Waals surface area (Å²) in [7, 11) is 1.67. The van der Waals surface area contributed by atoms with E-state index in [0.717, 1.165) is 30.9 Å². The van der Waals surface area contributed by atoms with Gasteiger partial charge in [-0.2, -0.15) is 4.98 Å². The molecule has 0 aliphatic carbocycles. The van der Waals surface area contributed by atoms with Gasteiger partial charge in [0.25, 0.3) is 0 Å². The van der Waals surface area contributed by atoms with Crippen molar-refractivity contribution in [2.75, 3.05) is 25.1 Å². The normalized spacial score (nSPS) is 16.0. The maximum absolute atomic E-state index is 12.3. The SMILES string of the molecule is COc1ccccc1N1CCC(NC(=O)CCc2nc(-c3ncccn3)no2)C1. The molecule has 3 aromatic rings. The number of carbonyl (C=O) groups is 1. The van der Waals surface area contributed by atoms with Crippen LogP contribution in [0.25, 0.3) is 11.6 Å². The van der Waals surface area contributed by atoms with Crippen LogP contribution in [-0.4, -0.2) is 52.3 Å². The zero-order valence-electron chi connectivity index (χ0n) is 16.1. The van der Waals surface area contributed by atoms with Gasteiger partial charge in [-0.1, -0.05) is 17.3 Å². The summed E-state index contributed by atoms with van der Waals surface area (Å²) in [4.78, 5) is 27.0. The molecular formula is C20H22N6O3. The van der Waals surface area contributed by atoms with E-state index in [1.807, 2.05) is 24.3 Å². The van der Waals surface area contributed by atoms with E-state index >= 15 is 0 Å². The molecule has 1 unspecified atom stereocenters. The quantitative estimate of drug-likeness (QED) is 0.647. The van der Waals surface area contributed by atoms with E-state index in [0.29, 0.717) is 24.0 Å². The number of hydrogen-bond donors (Lipinski definition) is 1. The molecule has 1 amide bonds. The number of methoxy groups -OCH3 is 1. The van der Waals surface area contributed by atoms with Crippen LogP contribution in [-0.2, 0) is 11.2 Å². The first-order chi connectivity index (χ1) is 14.2. The number of para-hydroxylation sites is 2. The van der Waals surface area contributed by atoms with Crippen LogP contribution in [0.15, 0.2) is 47.2 Å². The first-order valence-corrected chi connectivity index (χ1v) is 9.50. The summed E-state index contributed by atoms with van der Waals surface area (Å²) in [6.45, 7) is 1.62. The predicted molar refractivity (Wildman–Crippen MR) is 105 cm³/mol. The highest BCUT2D eigenvalue weighted by Gasteiger charge is 2.25. The Morgan fingerprint density at radius 1 is 1.24 bits per heavy atom. The molecule has 1 atom stereocenters. The van der Waals surface area contributed by atoms with E-state index < -0.39 is 0 Å². The summed E-state index contributed by atoms with van der Waals surface area (Å²) >= 11 is 0. The van der Waals surface area contributed by atoms with E-state index in [2.05, 4.69) is 30.3 Å². The van der Waals surface area contributed by atoms with Gasteiger partial charge in [0.1, 0.15) is 5.75 Å². The van der Waals surface area contributed by atoms with Gasteiger partial charge in [-0.3, -0.25) is 4.79 Å². The van der Waals surface area contributed by atoms with E-state index in [4.69, 9.17) is 9.26 Å². The molecular weight excluding hydrogens is 372 g/mol. The van der Waals surface area contributed by atoms with Crippen molar-refractivity contribution in [3.8, 4) is 17.4 Å². The molecule has 4 rings (SSSR count). The van der Waals surface area contributed by atoms with Crippen LogP contribution >= 0.6 is 0 Å². The number of aromatic nitrogens is 4. The molecule has 0 saturated carbocycles. The summed E-state index contributed by atoms with van der Waals surface area (Å²) in [5, 5.41) is 6.96. The number of ether oxygens (including phenoxy) is 1. The van der Waals surface area contributed by atoms with Gasteiger partial charge in [-0.15, -0.1) is 0 Å². The number of nitrogens with one attached hydrogen (secondary N) is 1. The molecule has 1 aliphatic rings. The molecule has 0 spiro atoms. The van der Waals surface area contributed by atoms with Crippen molar-refractivity contribution in [2.24, 2.45) is 0 Å². The Balaban J connectivity index is 1.27. The third-order valence-corrected chi connectivity index (χ3v) is 4.78. The van der Waals surface area contributed by atoms with Crippen molar-refractivity contribution >= 4 is 11.6 Å². The lowest BCUT2D eigenvalue weighted by Crippen LogP contribution is -2.37. The van der Waals surface area contributed by atoms with Crippen LogP contribution in [0.2, 0.25) is 0 Å². The van der Waals surface area contributed by atoms with E-state index in [1.54, 1.807) is 25.6 Å². The average Bonchev–Trinajstić information content (AvgIpc) is 3.43. The molecule has 1 N–H and O–H groups in total. The Bertz CT molecular complexity index is 962. The van der Waals surface area contributed by atoms with Crippen LogP contribution in [0.1, 0.15) is 18.7 Å². The van der Waals surface area contributed by atoms with Crippen LogP contribution in [0.3, 0.4) is 0 Å². The largest absolute Gasteiger partial charge is 0.495 e. The molecule has 1 saturated heterocycles. The van der Waals surface area contributed by atoms with Gasteiger partial charge < -0.3 is 19.5 Å². The molecule has 1 fully saturated rings. The Labute approximate surface area is 168 Å². The van der Waals surface area contributed by atoms with Crippen molar-refractivity contribution in [1.29, 1.82) is 0 Å². The summed E-state index contributed by atoms with van der Waals surface area (Å²) < 4.78 is 10.6. The lowest BCUT2D eigenvalue weighted by molar-refractivity contribution is -0.121. The van der Waals surface area contributed by atoms with Crippen molar-refractivity contribution in [3.05, 3.63) is 48.6 Å². The molecule has 2 aromatic heterocycles. The topological polar surface area (TPSA) is 106 Å². The minimum absolute atomic E-state index is 0.0346. The van der Waals surface area contributed by atoms with E-state index in [1.165, 1.54) is 0 Å². The fourth-order valence-corrected chi connectivity index (χ4v) is 3.37. The zero-order chi connectivity index (χ0) is 20.1. The first kappa shape index (κ1) is 18.9. The third kappa shape index (κ3) is 4.50. The van der Waals surface area contributed by atoms with Crippen LogP contribution in [0.4, 0.5) is 5.69 Å². The fraction of sp³-hybridized carbons (Fsp3) is 0.350. The summed E-state index contributed by atoms with van der Waals surface area (Å²) in [6.07, 6.45) is 4.76. The molecule has 0 radical (unpaired) electrons.